The fourth-order valence-corrected chi connectivity index (χ4v) is 2.71. The number of anilines is 1. The summed E-state index contributed by atoms with van der Waals surface area (Å²) < 4.78 is 0. The van der Waals surface area contributed by atoms with Crippen LogP contribution < -0.4 is 11.1 Å². The molecule has 1 aromatic carbocycles. The number of rotatable bonds is 3. The molecule has 2 aliphatic rings. The fourth-order valence-electron chi connectivity index (χ4n) is 2.71. The minimum atomic E-state index is -0.682. The highest BCUT2D eigenvalue weighted by molar-refractivity contribution is 6.00. The lowest BCUT2D eigenvalue weighted by Gasteiger charge is -2.30. The molecule has 5 nitrogen and oxygen atoms in total. The van der Waals surface area contributed by atoms with Crippen molar-refractivity contribution < 1.29 is 9.59 Å². The van der Waals surface area contributed by atoms with E-state index in [2.05, 4.69) is 12.2 Å². The summed E-state index contributed by atoms with van der Waals surface area (Å²) >= 11 is 0. The molecular formula is C17H23N3O2. The Morgan fingerprint density at radius 2 is 1.77 bits per heavy atom. The quantitative estimate of drug-likeness (QED) is 0.896. The SMILES string of the molecule is CC1CCN(C(=O)c2ccc(NC(=O)C3(N)CC3)cc2)CC1. The summed E-state index contributed by atoms with van der Waals surface area (Å²) in [5.41, 5.74) is 6.52. The van der Waals surface area contributed by atoms with E-state index in [-0.39, 0.29) is 11.8 Å². The van der Waals surface area contributed by atoms with E-state index < -0.39 is 5.54 Å². The first-order valence-electron chi connectivity index (χ1n) is 7.98. The maximum Gasteiger partial charge on any atom is 0.253 e. The standard InChI is InChI=1S/C17H23N3O2/c1-12-6-10-20(11-7-12)15(21)13-2-4-14(5-3-13)19-16(22)17(18)8-9-17/h2-5,12H,6-11,18H2,1H3,(H,19,22). The Balaban J connectivity index is 1.61. The minimum Gasteiger partial charge on any atom is -0.339 e. The molecule has 0 unspecified atom stereocenters. The van der Waals surface area contributed by atoms with Gasteiger partial charge in [0.05, 0.1) is 5.54 Å². The van der Waals surface area contributed by atoms with Crippen LogP contribution in [0.5, 0.6) is 0 Å². The third-order valence-electron chi connectivity index (χ3n) is 4.70. The van der Waals surface area contributed by atoms with Crippen LogP contribution in [0.2, 0.25) is 0 Å². The smallest absolute Gasteiger partial charge is 0.253 e. The Hall–Kier alpha value is -1.88. The maximum atomic E-state index is 12.4. The summed E-state index contributed by atoms with van der Waals surface area (Å²) in [6.07, 6.45) is 3.61. The van der Waals surface area contributed by atoms with E-state index in [1.807, 2.05) is 4.90 Å². The molecule has 0 radical (unpaired) electrons. The van der Waals surface area contributed by atoms with Crippen LogP contribution in [0.3, 0.4) is 0 Å². The molecule has 2 amide bonds. The average Bonchev–Trinajstić information content (AvgIpc) is 3.27. The van der Waals surface area contributed by atoms with Gasteiger partial charge in [0.25, 0.3) is 5.91 Å². The van der Waals surface area contributed by atoms with Gasteiger partial charge >= 0.3 is 0 Å². The van der Waals surface area contributed by atoms with Crippen molar-refractivity contribution in [2.75, 3.05) is 18.4 Å². The lowest BCUT2D eigenvalue weighted by molar-refractivity contribution is -0.118. The van der Waals surface area contributed by atoms with E-state index in [0.29, 0.717) is 17.2 Å². The molecule has 0 spiro atoms. The third-order valence-corrected chi connectivity index (χ3v) is 4.70. The topological polar surface area (TPSA) is 75.4 Å². The van der Waals surface area contributed by atoms with Gasteiger partial charge in [0.1, 0.15) is 0 Å². The van der Waals surface area contributed by atoms with Gasteiger partial charge in [-0.2, -0.15) is 0 Å². The highest BCUT2D eigenvalue weighted by atomic mass is 16.2. The van der Waals surface area contributed by atoms with Gasteiger partial charge in [-0.05, 0) is 55.9 Å². The zero-order valence-electron chi connectivity index (χ0n) is 13.0. The molecule has 22 heavy (non-hydrogen) atoms. The molecular weight excluding hydrogens is 278 g/mol. The van der Waals surface area contributed by atoms with Gasteiger partial charge in [-0.15, -0.1) is 0 Å². The number of carbonyl (C=O) groups is 2. The molecule has 0 aromatic heterocycles. The summed E-state index contributed by atoms with van der Waals surface area (Å²) in [6, 6.07) is 7.07. The molecule has 118 valence electrons. The predicted octanol–water partition coefficient (Wildman–Crippen LogP) is 1.99. The van der Waals surface area contributed by atoms with E-state index in [9.17, 15) is 9.59 Å². The van der Waals surface area contributed by atoms with Crippen molar-refractivity contribution in [3.8, 4) is 0 Å². The largest absolute Gasteiger partial charge is 0.339 e. The van der Waals surface area contributed by atoms with E-state index in [1.165, 1.54) is 0 Å². The molecule has 1 aromatic rings. The molecule has 2 fully saturated rings. The fraction of sp³-hybridized carbons (Fsp3) is 0.529. The molecule has 5 heteroatoms. The third kappa shape index (κ3) is 3.14. The molecule has 1 saturated heterocycles. The van der Waals surface area contributed by atoms with Crippen LogP contribution in [0.15, 0.2) is 24.3 Å². The molecule has 0 atom stereocenters. The Bertz CT molecular complexity index is 570. The molecule has 1 heterocycles. The van der Waals surface area contributed by atoms with Crippen molar-refractivity contribution in [1.82, 2.24) is 4.90 Å². The van der Waals surface area contributed by atoms with Gasteiger partial charge in [-0.3, -0.25) is 9.59 Å². The number of nitrogens with zero attached hydrogens (tertiary/aromatic N) is 1. The van der Waals surface area contributed by atoms with Crippen LogP contribution in [0.4, 0.5) is 5.69 Å². The summed E-state index contributed by atoms with van der Waals surface area (Å²) in [4.78, 5) is 26.2. The number of nitrogens with two attached hydrogens (primary N) is 1. The van der Waals surface area contributed by atoms with Crippen LogP contribution in [0.1, 0.15) is 43.0 Å². The van der Waals surface area contributed by atoms with Gasteiger partial charge < -0.3 is 16.0 Å². The lowest BCUT2D eigenvalue weighted by atomic mass is 9.98. The second kappa shape index (κ2) is 5.72. The molecule has 1 aliphatic carbocycles. The van der Waals surface area contributed by atoms with E-state index >= 15 is 0 Å². The molecule has 3 N–H and O–H groups in total. The van der Waals surface area contributed by atoms with Crippen molar-refractivity contribution in [3.05, 3.63) is 29.8 Å². The van der Waals surface area contributed by atoms with Crippen molar-refractivity contribution in [2.24, 2.45) is 11.7 Å². The molecule has 3 rings (SSSR count). The predicted molar refractivity (Wildman–Crippen MR) is 85.5 cm³/mol. The van der Waals surface area contributed by atoms with Crippen LogP contribution >= 0.6 is 0 Å². The first-order chi connectivity index (χ1) is 10.5. The van der Waals surface area contributed by atoms with Crippen molar-refractivity contribution in [3.63, 3.8) is 0 Å². The Morgan fingerprint density at radius 3 is 2.32 bits per heavy atom. The second-order valence-electron chi connectivity index (χ2n) is 6.66. The number of amides is 2. The maximum absolute atomic E-state index is 12.4. The first kappa shape index (κ1) is 15.0. The minimum absolute atomic E-state index is 0.0715. The lowest BCUT2D eigenvalue weighted by Crippen LogP contribution is -2.38. The number of hydrogen-bond acceptors (Lipinski definition) is 3. The number of carbonyl (C=O) groups excluding carboxylic acids is 2. The summed E-state index contributed by atoms with van der Waals surface area (Å²) in [7, 11) is 0. The average molecular weight is 301 g/mol. The Labute approximate surface area is 130 Å². The second-order valence-corrected chi connectivity index (χ2v) is 6.66. The molecule has 1 aliphatic heterocycles. The number of nitrogens with one attached hydrogen (secondary N) is 1. The van der Waals surface area contributed by atoms with Gasteiger partial charge in [-0.1, -0.05) is 6.92 Å². The number of benzene rings is 1. The van der Waals surface area contributed by atoms with Gasteiger partial charge in [0.2, 0.25) is 5.91 Å². The zero-order valence-corrected chi connectivity index (χ0v) is 13.0. The molecule has 1 saturated carbocycles. The van der Waals surface area contributed by atoms with Crippen LogP contribution in [0.25, 0.3) is 0 Å². The van der Waals surface area contributed by atoms with Crippen LogP contribution in [-0.4, -0.2) is 35.3 Å². The van der Waals surface area contributed by atoms with Crippen molar-refractivity contribution in [1.29, 1.82) is 0 Å². The van der Waals surface area contributed by atoms with E-state index in [1.54, 1.807) is 24.3 Å². The van der Waals surface area contributed by atoms with Crippen molar-refractivity contribution in [2.45, 2.75) is 38.1 Å². The summed E-state index contributed by atoms with van der Waals surface area (Å²) in [5.74, 6) is 0.631. The van der Waals surface area contributed by atoms with Crippen LogP contribution in [0, 0.1) is 5.92 Å². The van der Waals surface area contributed by atoms with Gasteiger partial charge in [-0.25, -0.2) is 0 Å². The first-order valence-corrected chi connectivity index (χ1v) is 7.98. The van der Waals surface area contributed by atoms with E-state index in [0.717, 1.165) is 38.8 Å². The van der Waals surface area contributed by atoms with Crippen LogP contribution in [-0.2, 0) is 4.79 Å². The summed E-state index contributed by atoms with van der Waals surface area (Å²) in [5, 5.41) is 2.81. The molecule has 0 bridgehead atoms. The number of hydrogen-bond donors (Lipinski definition) is 2. The number of likely N-dealkylation sites (tertiary alicyclic amines) is 1. The Kier molecular flexibility index (Phi) is 3.91. The van der Waals surface area contributed by atoms with Gasteiger partial charge in [0, 0.05) is 24.3 Å². The van der Waals surface area contributed by atoms with Gasteiger partial charge in [0.15, 0.2) is 0 Å². The number of piperidine rings is 1. The van der Waals surface area contributed by atoms with Crippen molar-refractivity contribution >= 4 is 17.5 Å². The van der Waals surface area contributed by atoms with E-state index in [4.69, 9.17) is 5.73 Å². The summed E-state index contributed by atoms with van der Waals surface area (Å²) in [6.45, 7) is 3.88. The zero-order chi connectivity index (χ0) is 15.7. The highest BCUT2D eigenvalue weighted by Gasteiger charge is 2.45. The highest BCUT2D eigenvalue weighted by Crippen LogP contribution is 2.33. The normalized spacial score (nSPS) is 20.5. The Morgan fingerprint density at radius 1 is 1.18 bits per heavy atom. The monoisotopic (exact) mass is 301 g/mol.